The zero-order valence-corrected chi connectivity index (χ0v) is 17.9. The lowest BCUT2D eigenvalue weighted by molar-refractivity contribution is -0.385. The monoisotopic (exact) mass is 454 g/mol. The molecule has 0 aliphatic carbocycles. The quantitative estimate of drug-likeness (QED) is 0.379. The molecule has 0 spiro atoms. The van der Waals surface area contributed by atoms with Gasteiger partial charge < -0.3 is 14.8 Å². The van der Waals surface area contributed by atoms with Crippen LogP contribution in [0.4, 0.5) is 5.69 Å². The first-order valence-electron chi connectivity index (χ1n) is 9.36. The molecule has 1 aromatic heterocycles. The normalized spacial score (nSPS) is 16.0. The molecule has 2 N–H and O–H groups in total. The summed E-state index contributed by atoms with van der Waals surface area (Å²) in [7, 11) is -0.663. The van der Waals surface area contributed by atoms with Crippen LogP contribution in [0.3, 0.4) is 0 Å². The zero-order chi connectivity index (χ0) is 23.1. The Kier molecular flexibility index (Phi) is 6.02. The highest BCUT2D eigenvalue weighted by atomic mass is 32.2. The van der Waals surface area contributed by atoms with Crippen molar-refractivity contribution in [3.8, 4) is 5.75 Å². The lowest BCUT2D eigenvalue weighted by atomic mass is 10.1. The molecular weight excluding hydrogens is 432 g/mol. The molecule has 1 aromatic carbocycles. The van der Waals surface area contributed by atoms with Gasteiger partial charge in [0.2, 0.25) is 5.75 Å². The maximum Gasteiger partial charge on any atom is 0.349 e. The average Bonchev–Trinajstić information content (AvgIpc) is 2.70. The van der Waals surface area contributed by atoms with Crippen LogP contribution in [0.2, 0.25) is 0 Å². The molecule has 13 heteroatoms. The summed E-state index contributed by atoms with van der Waals surface area (Å²) in [6.45, 7) is 1.79. The van der Waals surface area contributed by atoms with Crippen LogP contribution in [0.25, 0.3) is 11.0 Å². The number of hydrogen-bond acceptors (Lipinski definition) is 8. The van der Waals surface area contributed by atoms with Crippen molar-refractivity contribution in [3.63, 3.8) is 0 Å². The predicted molar refractivity (Wildman–Crippen MR) is 110 cm³/mol. The van der Waals surface area contributed by atoms with Crippen LogP contribution in [0.15, 0.2) is 21.3 Å². The number of aromatic hydroxyl groups is 1. The summed E-state index contributed by atoms with van der Waals surface area (Å²) in [6.07, 6.45) is 0.715. The van der Waals surface area contributed by atoms with Gasteiger partial charge in [-0.15, -0.1) is 0 Å². The van der Waals surface area contributed by atoms with E-state index in [4.69, 9.17) is 4.42 Å². The van der Waals surface area contributed by atoms with Gasteiger partial charge in [-0.1, -0.05) is 0 Å². The highest BCUT2D eigenvalue weighted by Gasteiger charge is 2.31. The van der Waals surface area contributed by atoms with Gasteiger partial charge in [0.1, 0.15) is 11.1 Å². The van der Waals surface area contributed by atoms with Gasteiger partial charge in [0.05, 0.1) is 4.92 Å². The summed E-state index contributed by atoms with van der Waals surface area (Å²) >= 11 is 0. The van der Waals surface area contributed by atoms with Crippen LogP contribution in [0.5, 0.6) is 5.75 Å². The summed E-state index contributed by atoms with van der Waals surface area (Å²) in [6, 6.07) is 1.86. The van der Waals surface area contributed by atoms with E-state index >= 15 is 0 Å². The summed E-state index contributed by atoms with van der Waals surface area (Å²) in [4.78, 5) is 35.3. The van der Waals surface area contributed by atoms with Crippen LogP contribution in [0, 0.1) is 17.0 Å². The Morgan fingerprint density at radius 3 is 2.48 bits per heavy atom. The summed E-state index contributed by atoms with van der Waals surface area (Å²) < 4.78 is 31.9. The zero-order valence-electron chi connectivity index (χ0n) is 17.1. The number of carbonyl (C=O) groups excluding carboxylic acids is 1. The van der Waals surface area contributed by atoms with Gasteiger partial charge in [0.15, 0.2) is 0 Å². The Bertz CT molecular complexity index is 1210. The predicted octanol–water partition coefficient (Wildman–Crippen LogP) is 0.716. The number of aryl methyl sites for hydroxylation is 1. The number of nitro groups is 1. The van der Waals surface area contributed by atoms with Gasteiger partial charge in [-0.2, -0.15) is 17.0 Å². The summed E-state index contributed by atoms with van der Waals surface area (Å²) in [5.41, 5.74) is -1.89. The molecule has 0 atom stereocenters. The molecule has 0 bridgehead atoms. The Balaban J connectivity index is 1.82. The van der Waals surface area contributed by atoms with E-state index in [0.717, 1.165) is 10.4 Å². The van der Waals surface area contributed by atoms with Gasteiger partial charge in [0.25, 0.3) is 16.1 Å². The first-order chi connectivity index (χ1) is 14.4. The van der Waals surface area contributed by atoms with E-state index in [9.17, 15) is 33.2 Å². The second kappa shape index (κ2) is 8.24. The van der Waals surface area contributed by atoms with Crippen LogP contribution in [0.1, 0.15) is 28.8 Å². The van der Waals surface area contributed by atoms with Gasteiger partial charge in [0, 0.05) is 50.2 Å². The second-order valence-corrected chi connectivity index (χ2v) is 9.57. The standard InChI is InChI=1S/C18H22N4O8S/c1-10-15(23)14(22(26)27)9-11-8-13(18(25)30-16(10)11)17(24)19-12-4-6-21(7-5-12)31(28,29)20(2)3/h8-9,12,23H,4-7H2,1-3H3,(H,19,24). The fourth-order valence-corrected chi connectivity index (χ4v) is 4.56. The number of nitrogens with zero attached hydrogens (tertiary/aromatic N) is 3. The van der Waals surface area contributed by atoms with Gasteiger partial charge in [-0.05, 0) is 25.8 Å². The van der Waals surface area contributed by atoms with Crippen molar-refractivity contribution in [2.75, 3.05) is 27.2 Å². The molecule has 2 heterocycles. The second-order valence-electron chi connectivity index (χ2n) is 7.43. The third-order valence-electron chi connectivity index (χ3n) is 5.23. The van der Waals surface area contributed by atoms with E-state index in [-0.39, 0.29) is 41.2 Å². The number of hydrogen-bond donors (Lipinski definition) is 2. The lowest BCUT2D eigenvalue weighted by Gasteiger charge is -2.33. The van der Waals surface area contributed by atoms with Crippen molar-refractivity contribution in [1.29, 1.82) is 0 Å². The number of fused-ring (bicyclic) bond motifs is 1. The molecule has 168 valence electrons. The maximum atomic E-state index is 12.6. The Morgan fingerprint density at radius 1 is 1.32 bits per heavy atom. The van der Waals surface area contributed by atoms with Crippen molar-refractivity contribution < 1.29 is 27.7 Å². The molecule has 1 fully saturated rings. The number of piperidine rings is 1. The number of phenolic OH excluding ortho intramolecular Hbond substituents is 1. The van der Waals surface area contributed by atoms with Gasteiger partial charge in [-0.25, -0.2) is 4.79 Å². The minimum absolute atomic E-state index is 0.0164. The highest BCUT2D eigenvalue weighted by molar-refractivity contribution is 7.86. The topological polar surface area (TPSA) is 163 Å². The van der Waals surface area contributed by atoms with Crippen LogP contribution in [-0.4, -0.2) is 66.2 Å². The van der Waals surface area contributed by atoms with E-state index in [0.29, 0.717) is 12.8 Å². The first kappa shape index (κ1) is 22.7. The number of carbonyl (C=O) groups is 1. The van der Waals surface area contributed by atoms with Crippen molar-refractivity contribution in [3.05, 3.63) is 43.8 Å². The van der Waals surface area contributed by atoms with Crippen LogP contribution >= 0.6 is 0 Å². The highest BCUT2D eigenvalue weighted by Crippen LogP contribution is 2.35. The van der Waals surface area contributed by atoms with Crippen molar-refractivity contribution >= 4 is 32.8 Å². The average molecular weight is 454 g/mol. The Hall–Kier alpha value is -3.03. The number of nitro benzene ring substituents is 1. The van der Waals surface area contributed by atoms with Gasteiger partial charge >= 0.3 is 11.3 Å². The lowest BCUT2D eigenvalue weighted by Crippen LogP contribution is -2.49. The van der Waals surface area contributed by atoms with Gasteiger partial charge in [-0.3, -0.25) is 14.9 Å². The Morgan fingerprint density at radius 2 is 1.94 bits per heavy atom. The molecule has 1 saturated heterocycles. The fourth-order valence-electron chi connectivity index (χ4n) is 3.42. The number of nitrogens with one attached hydrogen (secondary N) is 1. The summed E-state index contributed by atoms with van der Waals surface area (Å²) in [5.74, 6) is -1.34. The fraction of sp³-hybridized carbons (Fsp3) is 0.444. The van der Waals surface area contributed by atoms with Crippen LogP contribution in [-0.2, 0) is 10.2 Å². The molecule has 0 unspecified atom stereocenters. The molecular formula is C18H22N4O8S. The molecule has 12 nitrogen and oxygen atoms in total. The molecule has 1 amide bonds. The number of rotatable bonds is 5. The van der Waals surface area contributed by atoms with E-state index in [1.807, 2.05) is 0 Å². The van der Waals surface area contributed by atoms with E-state index < -0.39 is 38.1 Å². The number of amides is 1. The SMILES string of the molecule is Cc1c(O)c([N+](=O)[O-])cc2cc(C(=O)NC3CCN(S(=O)(=O)N(C)C)CC3)c(=O)oc12. The molecule has 1 aliphatic rings. The molecule has 0 radical (unpaired) electrons. The molecule has 1 aliphatic heterocycles. The largest absolute Gasteiger partial charge is 0.502 e. The maximum absolute atomic E-state index is 12.6. The number of phenols is 1. The minimum Gasteiger partial charge on any atom is -0.502 e. The van der Waals surface area contributed by atoms with E-state index in [1.54, 1.807) is 0 Å². The first-order valence-corrected chi connectivity index (χ1v) is 10.8. The molecule has 3 rings (SSSR count). The molecule has 0 saturated carbocycles. The number of benzene rings is 1. The van der Waals surface area contributed by atoms with E-state index in [2.05, 4.69) is 5.32 Å². The third-order valence-corrected chi connectivity index (χ3v) is 7.17. The Labute approximate surface area is 177 Å². The molecule has 31 heavy (non-hydrogen) atoms. The van der Waals surface area contributed by atoms with Crippen molar-refractivity contribution in [1.82, 2.24) is 13.9 Å². The minimum atomic E-state index is -3.54. The third kappa shape index (κ3) is 4.24. The van der Waals surface area contributed by atoms with Crippen molar-refractivity contribution in [2.24, 2.45) is 0 Å². The van der Waals surface area contributed by atoms with Crippen molar-refractivity contribution in [2.45, 2.75) is 25.8 Å². The summed E-state index contributed by atoms with van der Waals surface area (Å²) in [5, 5.41) is 23.9. The molecule has 2 aromatic rings. The van der Waals surface area contributed by atoms with Crippen LogP contribution < -0.4 is 10.9 Å². The smallest absolute Gasteiger partial charge is 0.349 e. The van der Waals surface area contributed by atoms with E-state index in [1.165, 1.54) is 31.4 Å².